The number of benzene rings is 1. The van der Waals surface area contributed by atoms with Gasteiger partial charge >= 0.3 is 6.03 Å². The van der Waals surface area contributed by atoms with Crippen LogP contribution < -0.4 is 15.5 Å². The zero-order valence-corrected chi connectivity index (χ0v) is 16.1. The molecule has 2 N–H and O–H groups in total. The molecule has 2 aromatic rings. The summed E-state index contributed by atoms with van der Waals surface area (Å²) in [5.74, 6) is -0.351. The number of halogens is 3. The molecular weight excluding hydrogens is 378 g/mol. The van der Waals surface area contributed by atoms with Gasteiger partial charge in [0.2, 0.25) is 0 Å². The molecule has 0 radical (unpaired) electrons. The molecule has 3 rings (SSSR count). The van der Waals surface area contributed by atoms with Gasteiger partial charge in [-0.25, -0.2) is 9.18 Å². The minimum absolute atomic E-state index is 0. The van der Waals surface area contributed by atoms with Crippen LogP contribution in [0, 0.1) is 12.7 Å². The fourth-order valence-corrected chi connectivity index (χ4v) is 2.91. The number of hydrogen-bond donors (Lipinski definition) is 2. The van der Waals surface area contributed by atoms with Gasteiger partial charge in [-0.05, 0) is 63.2 Å². The topological polar surface area (TPSA) is 57.3 Å². The number of aryl methyl sites for hydroxylation is 1. The van der Waals surface area contributed by atoms with Crippen molar-refractivity contribution in [3.63, 3.8) is 0 Å². The number of anilines is 2. The van der Waals surface area contributed by atoms with Gasteiger partial charge in [-0.15, -0.1) is 24.8 Å². The molecule has 5 nitrogen and oxygen atoms in total. The van der Waals surface area contributed by atoms with Crippen LogP contribution in [0.15, 0.2) is 42.6 Å². The molecule has 142 valence electrons. The second-order valence-electron chi connectivity index (χ2n) is 5.95. The Bertz CT molecular complexity index is 709. The summed E-state index contributed by atoms with van der Waals surface area (Å²) in [7, 11) is 0. The molecule has 1 fully saturated rings. The maximum atomic E-state index is 13.6. The monoisotopic (exact) mass is 400 g/mol. The first-order chi connectivity index (χ1) is 11.6. The smallest absolute Gasteiger partial charge is 0.317 e. The first-order valence-corrected chi connectivity index (χ1v) is 8.12. The highest BCUT2D eigenvalue weighted by Crippen LogP contribution is 2.24. The van der Waals surface area contributed by atoms with Crippen molar-refractivity contribution in [2.24, 2.45) is 0 Å². The Morgan fingerprint density at radius 1 is 1.23 bits per heavy atom. The molecule has 1 aliphatic heterocycles. The van der Waals surface area contributed by atoms with E-state index < -0.39 is 0 Å². The van der Waals surface area contributed by atoms with Crippen LogP contribution >= 0.6 is 24.8 Å². The number of pyridine rings is 1. The van der Waals surface area contributed by atoms with E-state index in [0.717, 1.165) is 31.6 Å². The highest BCUT2D eigenvalue weighted by molar-refractivity contribution is 6.02. The maximum absolute atomic E-state index is 13.6. The Hall–Kier alpha value is -1.89. The average Bonchev–Trinajstić information content (AvgIpc) is 2.58. The normalized spacial score (nSPS) is 13.9. The van der Waals surface area contributed by atoms with Gasteiger partial charge in [0.1, 0.15) is 5.82 Å². The molecule has 0 spiro atoms. The molecule has 2 amide bonds. The number of amides is 2. The van der Waals surface area contributed by atoms with Crippen molar-refractivity contribution < 1.29 is 9.18 Å². The van der Waals surface area contributed by atoms with E-state index in [9.17, 15) is 9.18 Å². The lowest BCUT2D eigenvalue weighted by Crippen LogP contribution is -2.48. The molecular formula is C18H23Cl2FN4O. The fraction of sp³-hybridized carbons (Fsp3) is 0.333. The van der Waals surface area contributed by atoms with Crippen LogP contribution in [0.1, 0.15) is 18.5 Å². The molecule has 8 heteroatoms. The zero-order valence-electron chi connectivity index (χ0n) is 14.4. The SMILES string of the molecule is Cc1ccc(NC(=O)N(c2cccc(F)c2)C2CCNCC2)cn1.Cl.Cl. The first kappa shape index (κ1) is 22.2. The molecule has 1 aromatic heterocycles. The third-order valence-electron chi connectivity index (χ3n) is 4.14. The van der Waals surface area contributed by atoms with Crippen molar-refractivity contribution in [3.8, 4) is 0 Å². The van der Waals surface area contributed by atoms with Crippen LogP contribution in [0.4, 0.5) is 20.6 Å². The molecule has 0 saturated carbocycles. The number of nitrogens with zero attached hydrogens (tertiary/aromatic N) is 2. The summed E-state index contributed by atoms with van der Waals surface area (Å²) in [4.78, 5) is 18.7. The van der Waals surface area contributed by atoms with E-state index in [2.05, 4.69) is 15.6 Å². The third-order valence-corrected chi connectivity index (χ3v) is 4.14. The molecule has 26 heavy (non-hydrogen) atoms. The second-order valence-corrected chi connectivity index (χ2v) is 5.95. The Kier molecular flexibility index (Phi) is 8.78. The van der Waals surface area contributed by atoms with E-state index in [1.165, 1.54) is 12.1 Å². The van der Waals surface area contributed by atoms with Gasteiger partial charge < -0.3 is 10.6 Å². The highest BCUT2D eigenvalue weighted by atomic mass is 35.5. The number of urea groups is 1. The van der Waals surface area contributed by atoms with Gasteiger partial charge in [0.15, 0.2) is 0 Å². The minimum atomic E-state index is -0.351. The lowest BCUT2D eigenvalue weighted by Gasteiger charge is -2.34. The van der Waals surface area contributed by atoms with Crippen molar-refractivity contribution in [1.82, 2.24) is 10.3 Å². The van der Waals surface area contributed by atoms with Crippen molar-refractivity contribution in [2.45, 2.75) is 25.8 Å². The number of piperidine rings is 1. The van der Waals surface area contributed by atoms with Crippen LogP contribution in [0.3, 0.4) is 0 Å². The van der Waals surface area contributed by atoms with Crippen molar-refractivity contribution in [2.75, 3.05) is 23.3 Å². The molecule has 0 bridgehead atoms. The Labute approximate surface area is 165 Å². The summed E-state index contributed by atoms with van der Waals surface area (Å²) in [6.07, 6.45) is 3.28. The summed E-state index contributed by atoms with van der Waals surface area (Å²) in [6, 6.07) is 9.59. The third kappa shape index (κ3) is 5.56. The maximum Gasteiger partial charge on any atom is 0.326 e. The van der Waals surface area contributed by atoms with Gasteiger partial charge in [0.05, 0.1) is 11.9 Å². The van der Waals surface area contributed by atoms with Crippen LogP contribution in [-0.2, 0) is 0 Å². The van der Waals surface area contributed by atoms with Crippen LogP contribution in [-0.4, -0.2) is 30.1 Å². The minimum Gasteiger partial charge on any atom is -0.317 e. The van der Waals surface area contributed by atoms with Crippen molar-refractivity contribution in [1.29, 1.82) is 0 Å². The zero-order chi connectivity index (χ0) is 16.9. The van der Waals surface area contributed by atoms with E-state index in [-0.39, 0.29) is 42.7 Å². The summed E-state index contributed by atoms with van der Waals surface area (Å²) in [5, 5.41) is 6.15. The Morgan fingerprint density at radius 2 is 1.96 bits per heavy atom. The van der Waals surface area contributed by atoms with Gasteiger partial charge in [-0.1, -0.05) is 6.07 Å². The number of carbonyl (C=O) groups excluding carboxylic acids is 1. The summed E-state index contributed by atoms with van der Waals surface area (Å²) >= 11 is 0. The molecule has 1 aromatic carbocycles. The largest absolute Gasteiger partial charge is 0.326 e. The van der Waals surface area contributed by atoms with E-state index in [0.29, 0.717) is 11.4 Å². The van der Waals surface area contributed by atoms with Gasteiger partial charge in [0.25, 0.3) is 0 Å². The number of rotatable bonds is 3. The first-order valence-electron chi connectivity index (χ1n) is 8.12. The molecule has 2 heterocycles. The molecule has 1 aliphatic rings. The van der Waals surface area contributed by atoms with Crippen LogP contribution in [0.5, 0.6) is 0 Å². The Morgan fingerprint density at radius 3 is 2.58 bits per heavy atom. The van der Waals surface area contributed by atoms with E-state index >= 15 is 0 Å². The van der Waals surface area contributed by atoms with E-state index in [4.69, 9.17) is 0 Å². The number of carbonyl (C=O) groups is 1. The summed E-state index contributed by atoms with van der Waals surface area (Å²) < 4.78 is 13.6. The van der Waals surface area contributed by atoms with Crippen LogP contribution in [0.2, 0.25) is 0 Å². The van der Waals surface area contributed by atoms with Gasteiger partial charge in [-0.2, -0.15) is 0 Å². The average molecular weight is 401 g/mol. The predicted octanol–water partition coefficient (Wildman–Crippen LogP) is 4.16. The lowest BCUT2D eigenvalue weighted by molar-refractivity contribution is 0.252. The Balaban J connectivity index is 0.00000169. The van der Waals surface area contributed by atoms with Crippen molar-refractivity contribution in [3.05, 3.63) is 54.1 Å². The second kappa shape index (κ2) is 10.3. The molecule has 0 atom stereocenters. The predicted molar refractivity (Wildman–Crippen MR) is 107 cm³/mol. The fourth-order valence-electron chi connectivity index (χ4n) is 2.91. The molecule has 0 aliphatic carbocycles. The molecule has 0 unspecified atom stereocenters. The molecule has 1 saturated heterocycles. The number of aromatic nitrogens is 1. The van der Waals surface area contributed by atoms with Gasteiger partial charge in [0, 0.05) is 17.4 Å². The quantitative estimate of drug-likeness (QED) is 0.812. The standard InChI is InChI=1S/C18H21FN4O.2ClH/c1-13-5-6-15(12-21-13)22-18(24)23(16-7-9-20-10-8-16)17-4-2-3-14(19)11-17;;/h2-6,11-12,16,20H,7-10H2,1H3,(H,22,24);2*1H. The number of hydrogen-bond acceptors (Lipinski definition) is 3. The highest BCUT2D eigenvalue weighted by Gasteiger charge is 2.27. The van der Waals surface area contributed by atoms with E-state index in [1.807, 2.05) is 19.1 Å². The van der Waals surface area contributed by atoms with E-state index in [1.54, 1.807) is 23.2 Å². The van der Waals surface area contributed by atoms with Gasteiger partial charge in [-0.3, -0.25) is 9.88 Å². The summed E-state index contributed by atoms with van der Waals surface area (Å²) in [6.45, 7) is 3.57. The van der Waals surface area contributed by atoms with Crippen molar-refractivity contribution >= 4 is 42.2 Å². The summed E-state index contributed by atoms with van der Waals surface area (Å²) in [5.41, 5.74) is 2.08. The lowest BCUT2D eigenvalue weighted by atomic mass is 10.0. The number of nitrogens with one attached hydrogen (secondary N) is 2. The van der Waals surface area contributed by atoms with Crippen LogP contribution in [0.25, 0.3) is 0 Å².